The zero-order valence-electron chi connectivity index (χ0n) is 20.3. The fourth-order valence-electron chi connectivity index (χ4n) is 4.14. The van der Waals surface area contributed by atoms with Crippen LogP contribution in [-0.4, -0.2) is 29.5 Å². The van der Waals surface area contributed by atoms with Crippen LogP contribution < -0.4 is 16.6 Å². The van der Waals surface area contributed by atoms with E-state index in [2.05, 4.69) is 31.3 Å². The van der Waals surface area contributed by atoms with Crippen molar-refractivity contribution in [1.29, 1.82) is 5.26 Å². The average molecular weight is 490 g/mol. The van der Waals surface area contributed by atoms with Crippen molar-refractivity contribution >= 4 is 22.7 Å². The van der Waals surface area contributed by atoms with Crippen molar-refractivity contribution < 1.29 is 0 Å². The zero-order chi connectivity index (χ0) is 25.9. The van der Waals surface area contributed by atoms with Gasteiger partial charge in [-0.05, 0) is 30.7 Å². The molecular weight excluding hydrogens is 466 g/mol. The molecule has 5 aromatic rings. The van der Waals surface area contributed by atoms with Gasteiger partial charge in [0.05, 0.1) is 28.8 Å². The van der Waals surface area contributed by atoms with Crippen molar-refractivity contribution in [1.82, 2.24) is 29.5 Å². The lowest BCUT2D eigenvalue weighted by molar-refractivity contribution is 0.730. The molecule has 3 N–H and O–H groups in total. The van der Waals surface area contributed by atoms with Crippen molar-refractivity contribution in [2.75, 3.05) is 11.1 Å². The van der Waals surface area contributed by atoms with Gasteiger partial charge in [-0.2, -0.15) is 10.2 Å². The average Bonchev–Trinajstić information content (AvgIpc) is 2.93. The third-order valence-corrected chi connectivity index (χ3v) is 5.94. The van der Waals surface area contributed by atoms with Gasteiger partial charge < -0.3 is 11.1 Å². The highest BCUT2D eigenvalue weighted by molar-refractivity contribution is 5.94. The summed E-state index contributed by atoms with van der Waals surface area (Å²) < 4.78 is 1.57. The van der Waals surface area contributed by atoms with Gasteiger partial charge in [0, 0.05) is 24.4 Å². The molecule has 0 aliphatic heterocycles. The summed E-state index contributed by atoms with van der Waals surface area (Å²) >= 11 is 0. The SMILES string of the molecule is CCc1ncc(-c2cccc3nc([C@H](C)Nc4nc(N)ncc4C#N)n(-c4ccccc4)c(=O)c23)cn1. The van der Waals surface area contributed by atoms with Crippen LogP contribution in [0.15, 0.2) is 71.9 Å². The molecule has 10 heteroatoms. The van der Waals surface area contributed by atoms with E-state index in [1.54, 1.807) is 23.0 Å². The summed E-state index contributed by atoms with van der Waals surface area (Å²) in [5, 5.41) is 13.1. The third-order valence-electron chi connectivity index (χ3n) is 5.94. The van der Waals surface area contributed by atoms with Gasteiger partial charge in [-0.3, -0.25) is 9.36 Å². The molecule has 0 spiro atoms. The Bertz CT molecular complexity index is 1690. The minimum absolute atomic E-state index is 0.0292. The summed E-state index contributed by atoms with van der Waals surface area (Å²) in [5.74, 6) is 1.47. The monoisotopic (exact) mass is 489 g/mol. The maximum atomic E-state index is 14.2. The van der Waals surface area contributed by atoms with Crippen LogP contribution in [-0.2, 0) is 6.42 Å². The van der Waals surface area contributed by atoms with E-state index in [0.29, 0.717) is 28.0 Å². The smallest absolute Gasteiger partial charge is 0.266 e. The van der Waals surface area contributed by atoms with Crippen molar-refractivity contribution in [2.45, 2.75) is 26.3 Å². The van der Waals surface area contributed by atoms with Gasteiger partial charge in [-0.1, -0.05) is 37.3 Å². The van der Waals surface area contributed by atoms with Crippen LogP contribution in [0.4, 0.5) is 11.8 Å². The maximum Gasteiger partial charge on any atom is 0.266 e. The first kappa shape index (κ1) is 23.6. The van der Waals surface area contributed by atoms with Gasteiger partial charge in [0.1, 0.15) is 29.1 Å². The molecule has 0 saturated heterocycles. The quantitative estimate of drug-likeness (QED) is 0.363. The number of nitrogens with one attached hydrogen (secondary N) is 1. The molecule has 0 aliphatic carbocycles. The van der Waals surface area contributed by atoms with Gasteiger partial charge in [-0.15, -0.1) is 0 Å². The minimum Gasteiger partial charge on any atom is -0.368 e. The number of aromatic nitrogens is 6. The van der Waals surface area contributed by atoms with E-state index in [-0.39, 0.29) is 22.9 Å². The number of anilines is 2. The molecule has 0 amide bonds. The topological polar surface area (TPSA) is 148 Å². The minimum atomic E-state index is -0.519. The van der Waals surface area contributed by atoms with Crippen LogP contribution in [0.1, 0.15) is 37.1 Å². The molecule has 1 atom stereocenters. The Kier molecular flexibility index (Phi) is 6.26. The second-order valence-corrected chi connectivity index (χ2v) is 8.36. The maximum absolute atomic E-state index is 14.2. The lowest BCUT2D eigenvalue weighted by atomic mass is 10.0. The number of rotatable bonds is 6. The molecule has 0 bridgehead atoms. The Labute approximate surface area is 212 Å². The highest BCUT2D eigenvalue weighted by Gasteiger charge is 2.21. The number of nitrogens with two attached hydrogens (primary N) is 1. The lowest BCUT2D eigenvalue weighted by Crippen LogP contribution is -2.28. The molecule has 0 radical (unpaired) electrons. The molecule has 37 heavy (non-hydrogen) atoms. The molecular formula is C27H23N9O. The Hall–Kier alpha value is -5.17. The van der Waals surface area contributed by atoms with Crippen LogP contribution in [0.3, 0.4) is 0 Å². The number of nitrogens with zero attached hydrogens (tertiary/aromatic N) is 7. The number of benzene rings is 2. The van der Waals surface area contributed by atoms with E-state index in [1.165, 1.54) is 6.20 Å². The number of nitrogen functional groups attached to an aromatic ring is 1. The van der Waals surface area contributed by atoms with E-state index >= 15 is 0 Å². The van der Waals surface area contributed by atoms with Crippen LogP contribution in [0.25, 0.3) is 27.7 Å². The van der Waals surface area contributed by atoms with Gasteiger partial charge in [0.15, 0.2) is 0 Å². The predicted octanol–water partition coefficient (Wildman–Crippen LogP) is 3.82. The van der Waals surface area contributed by atoms with E-state index in [0.717, 1.165) is 17.8 Å². The largest absolute Gasteiger partial charge is 0.368 e. The molecule has 182 valence electrons. The molecule has 0 fully saturated rings. The molecule has 3 aromatic heterocycles. The highest BCUT2D eigenvalue weighted by atomic mass is 16.1. The van der Waals surface area contributed by atoms with E-state index in [4.69, 9.17) is 10.7 Å². The first-order valence-corrected chi connectivity index (χ1v) is 11.7. The molecule has 3 heterocycles. The summed E-state index contributed by atoms with van der Waals surface area (Å²) in [7, 11) is 0. The Balaban J connectivity index is 1.73. The van der Waals surface area contributed by atoms with Crippen LogP contribution in [0.2, 0.25) is 0 Å². The summed E-state index contributed by atoms with van der Waals surface area (Å²) in [4.78, 5) is 35.9. The number of fused-ring (bicyclic) bond motifs is 1. The van der Waals surface area contributed by atoms with Crippen molar-refractivity contribution in [3.8, 4) is 22.9 Å². The number of hydrogen-bond donors (Lipinski definition) is 2. The standard InChI is InChI=1S/C27H23N9O/c1-3-22-30-14-18(15-31-22)20-10-7-11-21-23(20)26(37)36(19-8-5-4-6-9-19)25(34-21)16(2)33-24-17(12-28)13-32-27(29)35-24/h4-11,13-16H,3H2,1-2H3,(H3,29,32,33,35)/t16-/m0/s1. The molecule has 0 saturated carbocycles. The number of nitriles is 1. The first-order valence-electron chi connectivity index (χ1n) is 11.7. The van der Waals surface area contributed by atoms with E-state index in [9.17, 15) is 10.1 Å². The van der Waals surface area contributed by atoms with E-state index in [1.807, 2.05) is 56.3 Å². The lowest BCUT2D eigenvalue weighted by Gasteiger charge is -2.21. The predicted molar refractivity (Wildman–Crippen MR) is 141 cm³/mol. The Morgan fingerprint density at radius 1 is 1.03 bits per heavy atom. The van der Waals surface area contributed by atoms with Crippen molar-refractivity contribution in [3.05, 3.63) is 94.7 Å². The van der Waals surface area contributed by atoms with Crippen molar-refractivity contribution in [3.63, 3.8) is 0 Å². The summed E-state index contributed by atoms with van der Waals surface area (Å²) in [5.41, 5.74) is 8.36. The van der Waals surface area contributed by atoms with Gasteiger partial charge >= 0.3 is 0 Å². The van der Waals surface area contributed by atoms with Crippen LogP contribution >= 0.6 is 0 Å². The zero-order valence-corrected chi connectivity index (χ0v) is 20.3. The number of hydrogen-bond acceptors (Lipinski definition) is 9. The third kappa shape index (κ3) is 4.46. The second kappa shape index (κ2) is 9.83. The second-order valence-electron chi connectivity index (χ2n) is 8.36. The van der Waals surface area contributed by atoms with Gasteiger partial charge in [0.2, 0.25) is 5.95 Å². The Morgan fingerprint density at radius 3 is 2.49 bits per heavy atom. The first-order chi connectivity index (χ1) is 18.0. The number of aryl methyl sites for hydroxylation is 1. The van der Waals surface area contributed by atoms with Crippen LogP contribution in [0.5, 0.6) is 0 Å². The summed E-state index contributed by atoms with van der Waals surface area (Å²) in [6.45, 7) is 3.83. The summed E-state index contributed by atoms with van der Waals surface area (Å²) in [6, 6.07) is 16.3. The van der Waals surface area contributed by atoms with Gasteiger partial charge in [0.25, 0.3) is 5.56 Å². The highest BCUT2D eigenvalue weighted by Crippen LogP contribution is 2.28. The molecule has 5 rings (SSSR count). The number of para-hydroxylation sites is 1. The van der Waals surface area contributed by atoms with Crippen LogP contribution in [0, 0.1) is 11.3 Å². The molecule has 0 aliphatic rings. The Morgan fingerprint density at radius 2 is 1.78 bits per heavy atom. The van der Waals surface area contributed by atoms with Crippen molar-refractivity contribution in [2.24, 2.45) is 0 Å². The molecule has 10 nitrogen and oxygen atoms in total. The molecule has 0 unspecified atom stereocenters. The fraction of sp³-hybridized carbons (Fsp3) is 0.148. The molecule has 2 aromatic carbocycles. The summed E-state index contributed by atoms with van der Waals surface area (Å²) in [6.07, 6.45) is 5.54. The van der Waals surface area contributed by atoms with Gasteiger partial charge in [-0.25, -0.2) is 19.9 Å². The normalized spacial score (nSPS) is 11.7. The fourth-order valence-corrected chi connectivity index (χ4v) is 4.14. The van der Waals surface area contributed by atoms with E-state index < -0.39 is 6.04 Å².